The van der Waals surface area contributed by atoms with Crippen molar-refractivity contribution in [3.8, 4) is 0 Å². The Balaban J connectivity index is 0.000000209. The van der Waals surface area contributed by atoms with E-state index in [4.69, 9.17) is 0 Å². The van der Waals surface area contributed by atoms with Gasteiger partial charge in [-0.2, -0.15) is 0 Å². The molecule has 0 amide bonds. The SMILES string of the molecule is C=C(C)C(C)=O.Cc1ccc2ccccc2c1. The maximum atomic E-state index is 10.0. The average molecular weight is 226 g/mol. The number of allylic oxidation sites excluding steroid dienone is 1. The molecule has 2 rings (SSSR count). The number of rotatable bonds is 1. The Morgan fingerprint density at radius 3 is 2.06 bits per heavy atom. The number of aryl methyl sites for hydroxylation is 1. The molecule has 0 spiro atoms. The summed E-state index contributed by atoms with van der Waals surface area (Å²) in [7, 11) is 0. The van der Waals surface area contributed by atoms with Crippen LogP contribution in [0.15, 0.2) is 54.6 Å². The summed E-state index contributed by atoms with van der Waals surface area (Å²) < 4.78 is 0. The van der Waals surface area contributed by atoms with Crippen LogP contribution in [0.3, 0.4) is 0 Å². The van der Waals surface area contributed by atoms with Crippen molar-refractivity contribution >= 4 is 16.6 Å². The van der Waals surface area contributed by atoms with E-state index >= 15 is 0 Å². The molecule has 0 heterocycles. The van der Waals surface area contributed by atoms with E-state index in [0.29, 0.717) is 5.57 Å². The Morgan fingerprint density at radius 2 is 1.53 bits per heavy atom. The van der Waals surface area contributed by atoms with Crippen molar-refractivity contribution in [3.63, 3.8) is 0 Å². The van der Waals surface area contributed by atoms with Crippen LogP contribution in [-0.2, 0) is 4.79 Å². The summed E-state index contributed by atoms with van der Waals surface area (Å²) in [5, 5.41) is 2.64. The maximum Gasteiger partial charge on any atom is 0.154 e. The van der Waals surface area contributed by atoms with Crippen molar-refractivity contribution in [2.45, 2.75) is 20.8 Å². The largest absolute Gasteiger partial charge is 0.295 e. The highest BCUT2D eigenvalue weighted by Gasteiger charge is 1.89. The zero-order valence-corrected chi connectivity index (χ0v) is 10.7. The molecule has 0 atom stereocenters. The Bertz CT molecular complexity index is 526. The van der Waals surface area contributed by atoms with Gasteiger partial charge < -0.3 is 0 Å². The first-order valence-corrected chi connectivity index (χ1v) is 5.62. The Morgan fingerprint density at radius 1 is 1.00 bits per heavy atom. The first-order valence-electron chi connectivity index (χ1n) is 5.62. The van der Waals surface area contributed by atoms with Crippen molar-refractivity contribution < 1.29 is 4.79 Å². The lowest BCUT2D eigenvalue weighted by Gasteiger charge is -1.96. The standard InChI is InChI=1S/C11H10.C5H8O/c1-9-6-7-10-4-2-3-5-11(10)8-9;1-4(2)5(3)6/h2-8H,1H3;1H2,2-3H3. The van der Waals surface area contributed by atoms with E-state index in [-0.39, 0.29) is 5.78 Å². The van der Waals surface area contributed by atoms with E-state index in [0.717, 1.165) is 0 Å². The molecular weight excluding hydrogens is 208 g/mol. The van der Waals surface area contributed by atoms with Crippen LogP contribution in [0.4, 0.5) is 0 Å². The zero-order valence-electron chi connectivity index (χ0n) is 10.7. The predicted molar refractivity (Wildman–Crippen MR) is 74.2 cm³/mol. The molecule has 1 heteroatoms. The van der Waals surface area contributed by atoms with Crippen LogP contribution in [0.2, 0.25) is 0 Å². The number of carbonyl (C=O) groups is 1. The van der Waals surface area contributed by atoms with E-state index in [2.05, 4.69) is 56.0 Å². The number of fused-ring (bicyclic) bond motifs is 1. The fourth-order valence-corrected chi connectivity index (χ4v) is 1.31. The van der Waals surface area contributed by atoms with Crippen molar-refractivity contribution in [1.82, 2.24) is 0 Å². The number of hydrogen-bond acceptors (Lipinski definition) is 1. The molecule has 1 nitrogen and oxygen atoms in total. The Labute approximate surface area is 103 Å². The van der Waals surface area contributed by atoms with Gasteiger partial charge >= 0.3 is 0 Å². The third-order valence-corrected chi connectivity index (χ3v) is 2.51. The van der Waals surface area contributed by atoms with Crippen LogP contribution < -0.4 is 0 Å². The quantitative estimate of drug-likeness (QED) is 0.662. The third kappa shape index (κ3) is 4.23. The van der Waals surface area contributed by atoms with Gasteiger partial charge in [0.1, 0.15) is 0 Å². The van der Waals surface area contributed by atoms with E-state index in [9.17, 15) is 4.79 Å². The fraction of sp³-hybridized carbons (Fsp3) is 0.188. The highest BCUT2D eigenvalue weighted by Crippen LogP contribution is 2.14. The minimum absolute atomic E-state index is 0.0648. The van der Waals surface area contributed by atoms with E-state index < -0.39 is 0 Å². The highest BCUT2D eigenvalue weighted by molar-refractivity contribution is 5.91. The second kappa shape index (κ2) is 6.00. The molecule has 2 aromatic rings. The van der Waals surface area contributed by atoms with E-state index in [1.54, 1.807) is 6.92 Å². The monoisotopic (exact) mass is 226 g/mol. The van der Waals surface area contributed by atoms with Crippen LogP contribution >= 0.6 is 0 Å². The van der Waals surface area contributed by atoms with Gasteiger partial charge in [0, 0.05) is 0 Å². The van der Waals surface area contributed by atoms with Gasteiger partial charge in [-0.05, 0) is 37.1 Å². The summed E-state index contributed by atoms with van der Waals surface area (Å²) in [5.41, 5.74) is 1.94. The van der Waals surface area contributed by atoms with Gasteiger partial charge in [0.25, 0.3) is 0 Å². The summed E-state index contributed by atoms with van der Waals surface area (Å²) in [6.45, 7) is 8.72. The fourth-order valence-electron chi connectivity index (χ4n) is 1.31. The number of carbonyl (C=O) groups excluding carboxylic acids is 1. The summed E-state index contributed by atoms with van der Waals surface area (Å²) in [4.78, 5) is 10.0. The lowest BCUT2D eigenvalue weighted by molar-refractivity contribution is -0.113. The van der Waals surface area contributed by atoms with Crippen molar-refractivity contribution in [1.29, 1.82) is 0 Å². The van der Waals surface area contributed by atoms with Crippen LogP contribution in [0.25, 0.3) is 10.8 Å². The molecule has 0 unspecified atom stereocenters. The highest BCUT2D eigenvalue weighted by atomic mass is 16.1. The number of ketones is 1. The number of benzene rings is 2. The van der Waals surface area contributed by atoms with Gasteiger partial charge in [-0.25, -0.2) is 0 Å². The van der Waals surface area contributed by atoms with Crippen molar-refractivity contribution in [3.05, 3.63) is 60.2 Å². The summed E-state index contributed by atoms with van der Waals surface area (Å²) in [6, 6.07) is 14.9. The molecule has 0 bridgehead atoms. The molecule has 0 radical (unpaired) electrons. The van der Waals surface area contributed by atoms with Gasteiger partial charge in [0.2, 0.25) is 0 Å². The minimum atomic E-state index is 0.0648. The Hall–Kier alpha value is -1.89. The zero-order chi connectivity index (χ0) is 12.8. The smallest absolute Gasteiger partial charge is 0.154 e. The molecule has 0 saturated heterocycles. The maximum absolute atomic E-state index is 10.0. The van der Waals surface area contributed by atoms with Gasteiger partial charge in [-0.1, -0.05) is 54.6 Å². The van der Waals surface area contributed by atoms with Crippen molar-refractivity contribution in [2.75, 3.05) is 0 Å². The molecule has 0 fully saturated rings. The summed E-state index contributed by atoms with van der Waals surface area (Å²) in [5.74, 6) is 0.0648. The minimum Gasteiger partial charge on any atom is -0.295 e. The van der Waals surface area contributed by atoms with Gasteiger partial charge in [-0.3, -0.25) is 4.79 Å². The molecule has 0 saturated carbocycles. The van der Waals surface area contributed by atoms with Gasteiger partial charge in [0.05, 0.1) is 0 Å². The molecule has 0 aliphatic carbocycles. The molecule has 0 N–H and O–H groups in total. The lowest BCUT2D eigenvalue weighted by Crippen LogP contribution is -1.86. The van der Waals surface area contributed by atoms with Crippen LogP contribution in [-0.4, -0.2) is 5.78 Å². The van der Waals surface area contributed by atoms with E-state index in [1.807, 2.05) is 0 Å². The van der Waals surface area contributed by atoms with Crippen LogP contribution in [0.1, 0.15) is 19.4 Å². The molecule has 88 valence electrons. The van der Waals surface area contributed by atoms with E-state index in [1.165, 1.54) is 23.3 Å². The van der Waals surface area contributed by atoms with Crippen LogP contribution in [0.5, 0.6) is 0 Å². The first-order chi connectivity index (χ1) is 8.00. The number of Topliss-reactive ketones (excluding diaryl/α,β-unsaturated/α-hetero) is 1. The molecule has 0 aliphatic rings. The predicted octanol–water partition coefficient (Wildman–Crippen LogP) is 4.30. The Kier molecular flexibility index (Phi) is 4.65. The second-order valence-corrected chi connectivity index (χ2v) is 4.19. The molecule has 17 heavy (non-hydrogen) atoms. The summed E-state index contributed by atoms with van der Waals surface area (Å²) >= 11 is 0. The molecular formula is C16H18O. The second-order valence-electron chi connectivity index (χ2n) is 4.19. The average Bonchev–Trinajstić information content (AvgIpc) is 2.29. The molecule has 2 aromatic carbocycles. The van der Waals surface area contributed by atoms with Gasteiger partial charge in [0.15, 0.2) is 5.78 Å². The number of hydrogen-bond donors (Lipinski definition) is 0. The van der Waals surface area contributed by atoms with Crippen LogP contribution in [0, 0.1) is 6.92 Å². The summed E-state index contributed by atoms with van der Waals surface area (Å²) in [6.07, 6.45) is 0. The third-order valence-electron chi connectivity index (χ3n) is 2.51. The van der Waals surface area contributed by atoms with Gasteiger partial charge in [-0.15, -0.1) is 0 Å². The first kappa shape index (κ1) is 13.2. The normalized spacial score (nSPS) is 9.35. The lowest BCUT2D eigenvalue weighted by atomic mass is 10.1. The topological polar surface area (TPSA) is 17.1 Å². The molecule has 0 aliphatic heterocycles. The molecule has 0 aromatic heterocycles. The van der Waals surface area contributed by atoms with Crippen molar-refractivity contribution in [2.24, 2.45) is 0 Å².